The van der Waals surface area contributed by atoms with Crippen molar-refractivity contribution in [2.45, 2.75) is 0 Å². The second-order valence-electron chi connectivity index (χ2n) is 5.36. The Morgan fingerprint density at radius 1 is 1.00 bits per heavy atom. The molecule has 112 valence electrons. The van der Waals surface area contributed by atoms with Gasteiger partial charge in [0.2, 0.25) is 0 Å². The maximum Gasteiger partial charge on any atom is 0.258 e. The first-order chi connectivity index (χ1) is 9.81. The summed E-state index contributed by atoms with van der Waals surface area (Å²) in [6, 6.07) is 0. The zero-order valence-electron chi connectivity index (χ0n) is 11.8. The highest BCUT2D eigenvalue weighted by molar-refractivity contribution is 8.14. The molecule has 3 aliphatic rings. The number of amides is 1. The van der Waals surface area contributed by atoms with Crippen LogP contribution >= 0.6 is 11.8 Å². The fourth-order valence-electron chi connectivity index (χ4n) is 2.73. The van der Waals surface area contributed by atoms with Gasteiger partial charge in [-0.1, -0.05) is 11.8 Å². The molecule has 0 N–H and O–H groups in total. The molecule has 0 saturated carbocycles. The lowest BCUT2D eigenvalue weighted by atomic mass is 10.3. The summed E-state index contributed by atoms with van der Waals surface area (Å²) in [7, 11) is 0. The largest absolute Gasteiger partial charge is 0.379 e. The van der Waals surface area contributed by atoms with E-state index in [4.69, 9.17) is 4.74 Å². The van der Waals surface area contributed by atoms with Gasteiger partial charge in [-0.2, -0.15) is 4.99 Å². The van der Waals surface area contributed by atoms with Gasteiger partial charge in [-0.25, -0.2) is 0 Å². The molecule has 0 aromatic heterocycles. The molecular formula is C13H22N4O2S. The van der Waals surface area contributed by atoms with Crippen LogP contribution in [0.1, 0.15) is 0 Å². The van der Waals surface area contributed by atoms with Crippen LogP contribution in [0.2, 0.25) is 0 Å². The van der Waals surface area contributed by atoms with E-state index in [-0.39, 0.29) is 5.91 Å². The Labute approximate surface area is 124 Å². The third-order valence-corrected chi connectivity index (χ3v) is 5.02. The van der Waals surface area contributed by atoms with E-state index < -0.39 is 0 Å². The van der Waals surface area contributed by atoms with Crippen LogP contribution < -0.4 is 0 Å². The van der Waals surface area contributed by atoms with Gasteiger partial charge < -0.3 is 9.64 Å². The Kier molecular flexibility index (Phi) is 4.93. The summed E-state index contributed by atoms with van der Waals surface area (Å²) in [5.74, 6) is 0.534. The summed E-state index contributed by atoms with van der Waals surface area (Å²) >= 11 is 1.58. The van der Waals surface area contributed by atoms with Crippen LogP contribution in [-0.4, -0.2) is 97.1 Å². The number of nitrogens with zero attached hydrogens (tertiary/aromatic N) is 4. The van der Waals surface area contributed by atoms with Gasteiger partial charge in [-0.05, 0) is 0 Å². The Morgan fingerprint density at radius 2 is 1.65 bits per heavy atom. The van der Waals surface area contributed by atoms with E-state index in [1.807, 2.05) is 0 Å². The number of aliphatic imine (C=N–C) groups is 1. The van der Waals surface area contributed by atoms with Crippen LogP contribution in [0, 0.1) is 0 Å². The molecule has 3 rings (SSSR count). The Balaban J connectivity index is 1.38. The molecule has 0 aromatic carbocycles. The van der Waals surface area contributed by atoms with Gasteiger partial charge in [-0.15, -0.1) is 0 Å². The van der Waals surface area contributed by atoms with Crippen molar-refractivity contribution in [3.63, 3.8) is 0 Å². The zero-order valence-corrected chi connectivity index (χ0v) is 12.6. The number of carbonyl (C=O) groups excluding carboxylic acids is 1. The number of rotatable bonds is 3. The van der Waals surface area contributed by atoms with Gasteiger partial charge in [0.15, 0.2) is 5.17 Å². The van der Waals surface area contributed by atoms with Crippen LogP contribution in [0.4, 0.5) is 0 Å². The first-order valence-corrected chi connectivity index (χ1v) is 8.31. The van der Waals surface area contributed by atoms with E-state index in [1.165, 1.54) is 0 Å². The van der Waals surface area contributed by atoms with Gasteiger partial charge in [0.25, 0.3) is 5.91 Å². The number of piperazine rings is 1. The third-order valence-electron chi connectivity index (χ3n) is 4.02. The van der Waals surface area contributed by atoms with Crippen molar-refractivity contribution in [1.82, 2.24) is 14.7 Å². The predicted octanol–water partition coefficient (Wildman–Crippen LogP) is -0.434. The molecule has 0 aromatic rings. The molecule has 0 unspecified atom stereocenters. The highest BCUT2D eigenvalue weighted by Gasteiger charge is 2.24. The average Bonchev–Trinajstić information content (AvgIpc) is 2.93. The van der Waals surface area contributed by atoms with Gasteiger partial charge in [0.1, 0.15) is 0 Å². The topological polar surface area (TPSA) is 48.4 Å². The van der Waals surface area contributed by atoms with Crippen molar-refractivity contribution in [1.29, 1.82) is 0 Å². The highest BCUT2D eigenvalue weighted by Crippen LogP contribution is 2.18. The molecule has 2 fully saturated rings. The molecule has 7 heteroatoms. The molecule has 1 amide bonds. The molecule has 0 bridgehead atoms. The summed E-state index contributed by atoms with van der Waals surface area (Å²) < 4.78 is 5.37. The van der Waals surface area contributed by atoms with E-state index in [1.54, 1.807) is 11.8 Å². The van der Waals surface area contributed by atoms with Crippen molar-refractivity contribution in [2.75, 3.05) is 71.3 Å². The average molecular weight is 298 g/mol. The lowest BCUT2D eigenvalue weighted by Gasteiger charge is -2.36. The summed E-state index contributed by atoms with van der Waals surface area (Å²) in [5, 5.41) is 0.933. The normalized spacial score (nSPS) is 26.1. The van der Waals surface area contributed by atoms with Crippen LogP contribution in [0.3, 0.4) is 0 Å². The standard InChI is InChI=1S/C13H22N4O2S/c18-12-11-20-13(14-12)17-5-3-15(4-6-17)1-2-16-7-9-19-10-8-16/h1-11H2. The van der Waals surface area contributed by atoms with E-state index in [2.05, 4.69) is 19.7 Å². The molecule has 20 heavy (non-hydrogen) atoms. The molecule has 0 spiro atoms. The van der Waals surface area contributed by atoms with Crippen molar-refractivity contribution in [3.8, 4) is 0 Å². The monoisotopic (exact) mass is 298 g/mol. The van der Waals surface area contributed by atoms with Crippen molar-refractivity contribution < 1.29 is 9.53 Å². The van der Waals surface area contributed by atoms with Crippen molar-refractivity contribution >= 4 is 22.8 Å². The molecule has 6 nitrogen and oxygen atoms in total. The number of ether oxygens (including phenoxy) is 1. The summed E-state index contributed by atoms with van der Waals surface area (Å²) in [5.41, 5.74) is 0. The molecule has 0 aliphatic carbocycles. The lowest BCUT2D eigenvalue weighted by molar-refractivity contribution is -0.115. The van der Waals surface area contributed by atoms with E-state index >= 15 is 0 Å². The first-order valence-electron chi connectivity index (χ1n) is 7.33. The number of morpholine rings is 1. The van der Waals surface area contributed by atoms with Crippen molar-refractivity contribution in [2.24, 2.45) is 4.99 Å². The van der Waals surface area contributed by atoms with Gasteiger partial charge in [-0.3, -0.25) is 14.6 Å². The number of thioether (sulfide) groups is 1. The molecule has 2 saturated heterocycles. The molecular weight excluding hydrogens is 276 g/mol. The second-order valence-corrected chi connectivity index (χ2v) is 6.30. The number of carbonyl (C=O) groups is 1. The Bertz CT molecular complexity index is 377. The van der Waals surface area contributed by atoms with E-state index in [9.17, 15) is 4.79 Å². The van der Waals surface area contributed by atoms with Crippen LogP contribution in [-0.2, 0) is 9.53 Å². The maximum absolute atomic E-state index is 11.2. The minimum atomic E-state index is 0.0137. The summed E-state index contributed by atoms with van der Waals surface area (Å²) in [4.78, 5) is 22.5. The zero-order chi connectivity index (χ0) is 13.8. The van der Waals surface area contributed by atoms with Crippen molar-refractivity contribution in [3.05, 3.63) is 0 Å². The molecule has 3 heterocycles. The van der Waals surface area contributed by atoms with Crippen LogP contribution in [0.25, 0.3) is 0 Å². The van der Waals surface area contributed by atoms with Gasteiger partial charge in [0.05, 0.1) is 19.0 Å². The number of hydrogen-bond donors (Lipinski definition) is 0. The Morgan fingerprint density at radius 3 is 2.25 bits per heavy atom. The summed E-state index contributed by atoms with van der Waals surface area (Å²) in [6.45, 7) is 10.3. The fourth-order valence-corrected chi connectivity index (χ4v) is 3.58. The SMILES string of the molecule is O=C1CSC(N2CCN(CCN3CCOCC3)CC2)=N1. The molecule has 0 radical (unpaired) electrons. The minimum Gasteiger partial charge on any atom is -0.379 e. The maximum atomic E-state index is 11.2. The molecule has 0 atom stereocenters. The van der Waals surface area contributed by atoms with E-state index in [0.717, 1.165) is 70.7 Å². The lowest BCUT2D eigenvalue weighted by Crippen LogP contribution is -2.50. The number of hydrogen-bond acceptors (Lipinski definition) is 6. The number of amidine groups is 1. The fraction of sp³-hybridized carbons (Fsp3) is 0.846. The Hall–Kier alpha value is -0.630. The quantitative estimate of drug-likeness (QED) is 0.704. The smallest absolute Gasteiger partial charge is 0.258 e. The highest BCUT2D eigenvalue weighted by atomic mass is 32.2. The van der Waals surface area contributed by atoms with E-state index in [0.29, 0.717) is 5.75 Å². The first kappa shape index (κ1) is 14.3. The van der Waals surface area contributed by atoms with Gasteiger partial charge in [0, 0.05) is 52.4 Å². The second kappa shape index (κ2) is 6.89. The molecule has 3 aliphatic heterocycles. The van der Waals surface area contributed by atoms with Crippen LogP contribution in [0.15, 0.2) is 4.99 Å². The predicted molar refractivity (Wildman–Crippen MR) is 80.2 cm³/mol. The summed E-state index contributed by atoms with van der Waals surface area (Å²) in [6.07, 6.45) is 0. The van der Waals surface area contributed by atoms with Crippen LogP contribution in [0.5, 0.6) is 0 Å². The minimum absolute atomic E-state index is 0.0137. The third kappa shape index (κ3) is 3.72. The van der Waals surface area contributed by atoms with Gasteiger partial charge >= 0.3 is 0 Å².